The zero-order chi connectivity index (χ0) is 13.4. The number of benzene rings is 1. The van der Waals surface area contributed by atoms with Crippen molar-refractivity contribution >= 4 is 16.7 Å². The van der Waals surface area contributed by atoms with Crippen molar-refractivity contribution in [3.05, 3.63) is 45.5 Å². The first-order chi connectivity index (χ1) is 8.45. The molecule has 0 N–H and O–H groups in total. The molecule has 1 heterocycles. The van der Waals surface area contributed by atoms with Crippen molar-refractivity contribution in [1.29, 1.82) is 0 Å². The van der Waals surface area contributed by atoms with Crippen molar-refractivity contribution in [3.8, 4) is 0 Å². The predicted octanol–water partition coefficient (Wildman–Crippen LogP) is 2.67. The van der Waals surface area contributed by atoms with Crippen molar-refractivity contribution < 1.29 is 9.18 Å². The van der Waals surface area contributed by atoms with Gasteiger partial charge in [-0.25, -0.2) is 4.39 Å². The number of carbonyl (C=O) groups excluding carboxylic acids is 1. The summed E-state index contributed by atoms with van der Waals surface area (Å²) in [6.45, 7) is 5.41. The van der Waals surface area contributed by atoms with E-state index in [-0.39, 0.29) is 22.6 Å². The average molecular weight is 247 g/mol. The van der Waals surface area contributed by atoms with Crippen LogP contribution in [0.25, 0.3) is 10.9 Å². The highest BCUT2D eigenvalue weighted by Gasteiger charge is 2.13. The van der Waals surface area contributed by atoms with Gasteiger partial charge in [0.15, 0.2) is 11.2 Å². The SMILES string of the molecule is CCn1cc(C(C)=O)c(=O)c2cc(C)c(F)cc21. The second-order valence-electron chi connectivity index (χ2n) is 4.33. The number of pyridine rings is 1. The fourth-order valence-corrected chi connectivity index (χ4v) is 2.03. The maximum Gasteiger partial charge on any atom is 0.200 e. The summed E-state index contributed by atoms with van der Waals surface area (Å²) < 4.78 is 15.3. The molecule has 0 saturated heterocycles. The largest absolute Gasteiger partial charge is 0.347 e. The lowest BCUT2D eigenvalue weighted by Gasteiger charge is -2.11. The van der Waals surface area contributed by atoms with Crippen molar-refractivity contribution in [2.24, 2.45) is 0 Å². The lowest BCUT2D eigenvalue weighted by atomic mass is 10.1. The number of aryl methyl sites for hydroxylation is 2. The van der Waals surface area contributed by atoms with Gasteiger partial charge in [-0.05, 0) is 38.5 Å². The number of hydrogen-bond acceptors (Lipinski definition) is 2. The fraction of sp³-hybridized carbons (Fsp3) is 0.286. The van der Waals surface area contributed by atoms with E-state index >= 15 is 0 Å². The summed E-state index contributed by atoms with van der Waals surface area (Å²) in [6.07, 6.45) is 1.50. The highest BCUT2D eigenvalue weighted by atomic mass is 19.1. The molecule has 0 unspecified atom stereocenters. The quantitative estimate of drug-likeness (QED) is 0.765. The van der Waals surface area contributed by atoms with E-state index in [9.17, 15) is 14.0 Å². The summed E-state index contributed by atoms with van der Waals surface area (Å²) >= 11 is 0. The molecule has 0 spiro atoms. The second-order valence-corrected chi connectivity index (χ2v) is 4.33. The van der Waals surface area contributed by atoms with E-state index < -0.39 is 0 Å². The Morgan fingerprint density at radius 1 is 1.39 bits per heavy atom. The topological polar surface area (TPSA) is 39.1 Å². The molecule has 94 valence electrons. The third-order valence-corrected chi connectivity index (χ3v) is 3.08. The maximum absolute atomic E-state index is 13.6. The Balaban J connectivity index is 2.99. The normalized spacial score (nSPS) is 10.9. The van der Waals surface area contributed by atoms with E-state index in [2.05, 4.69) is 0 Å². The molecule has 0 amide bonds. The molecule has 1 aromatic heterocycles. The standard InChI is InChI=1S/C14H14FNO2/c1-4-16-7-11(9(3)17)14(18)10-5-8(2)12(15)6-13(10)16/h5-7H,4H2,1-3H3. The number of ketones is 1. The van der Waals surface area contributed by atoms with Crippen molar-refractivity contribution in [2.45, 2.75) is 27.3 Å². The first-order valence-corrected chi connectivity index (χ1v) is 5.80. The van der Waals surface area contributed by atoms with Gasteiger partial charge < -0.3 is 4.57 Å². The molecule has 0 atom stereocenters. The van der Waals surface area contributed by atoms with Gasteiger partial charge in [0.2, 0.25) is 0 Å². The molecule has 4 heteroatoms. The van der Waals surface area contributed by atoms with Crippen LogP contribution in [0.4, 0.5) is 4.39 Å². The van der Waals surface area contributed by atoms with E-state index in [1.54, 1.807) is 11.5 Å². The molecule has 0 fully saturated rings. The Morgan fingerprint density at radius 3 is 2.61 bits per heavy atom. The Labute approximate surface area is 104 Å². The predicted molar refractivity (Wildman–Crippen MR) is 68.6 cm³/mol. The van der Waals surface area contributed by atoms with Crippen LogP contribution in [0.1, 0.15) is 29.8 Å². The molecular formula is C14H14FNO2. The zero-order valence-corrected chi connectivity index (χ0v) is 10.6. The van der Waals surface area contributed by atoms with E-state index in [1.165, 1.54) is 25.3 Å². The average Bonchev–Trinajstić information content (AvgIpc) is 2.32. The van der Waals surface area contributed by atoms with Crippen molar-refractivity contribution in [2.75, 3.05) is 0 Å². The first kappa shape index (κ1) is 12.5. The summed E-state index contributed by atoms with van der Waals surface area (Å²) in [5, 5.41) is 0.392. The molecular weight excluding hydrogens is 233 g/mol. The number of carbonyl (C=O) groups is 1. The van der Waals surface area contributed by atoms with E-state index in [4.69, 9.17) is 0 Å². The molecule has 0 saturated carbocycles. The Bertz CT molecular complexity index is 701. The number of hydrogen-bond donors (Lipinski definition) is 0. The minimum atomic E-state index is -0.348. The van der Waals surface area contributed by atoms with Gasteiger partial charge in [0, 0.05) is 18.1 Å². The lowest BCUT2D eigenvalue weighted by molar-refractivity contribution is 0.101. The van der Waals surface area contributed by atoms with Gasteiger partial charge in [-0.3, -0.25) is 9.59 Å². The lowest BCUT2D eigenvalue weighted by Crippen LogP contribution is -2.17. The molecule has 3 nitrogen and oxygen atoms in total. The van der Waals surface area contributed by atoms with Gasteiger partial charge >= 0.3 is 0 Å². The van der Waals surface area contributed by atoms with Crippen LogP contribution in [0, 0.1) is 12.7 Å². The van der Waals surface area contributed by atoms with Crippen LogP contribution in [-0.2, 0) is 6.54 Å². The fourth-order valence-electron chi connectivity index (χ4n) is 2.03. The third kappa shape index (κ3) is 1.83. The number of Topliss-reactive ketones (excluding diaryl/α,β-unsaturated/α-hetero) is 1. The van der Waals surface area contributed by atoms with Crippen LogP contribution in [-0.4, -0.2) is 10.4 Å². The van der Waals surface area contributed by atoms with Gasteiger partial charge in [0.25, 0.3) is 0 Å². The number of aromatic nitrogens is 1. The molecule has 18 heavy (non-hydrogen) atoms. The van der Waals surface area contributed by atoms with E-state index in [0.29, 0.717) is 23.0 Å². The molecule has 2 aromatic rings. The molecule has 2 rings (SSSR count). The smallest absolute Gasteiger partial charge is 0.200 e. The van der Waals surface area contributed by atoms with Crippen molar-refractivity contribution in [1.82, 2.24) is 4.57 Å². The van der Waals surface area contributed by atoms with Gasteiger partial charge in [-0.1, -0.05) is 0 Å². The molecule has 0 aliphatic heterocycles. The third-order valence-electron chi connectivity index (χ3n) is 3.08. The Hall–Kier alpha value is -1.97. The molecule has 0 radical (unpaired) electrons. The number of fused-ring (bicyclic) bond motifs is 1. The minimum Gasteiger partial charge on any atom is -0.347 e. The van der Waals surface area contributed by atoms with E-state index in [0.717, 1.165) is 0 Å². The second kappa shape index (κ2) is 4.37. The highest BCUT2D eigenvalue weighted by Crippen LogP contribution is 2.17. The molecule has 0 aliphatic rings. The van der Waals surface area contributed by atoms with Crippen molar-refractivity contribution in [3.63, 3.8) is 0 Å². The molecule has 0 aliphatic carbocycles. The van der Waals surface area contributed by atoms with Gasteiger partial charge in [0.1, 0.15) is 5.82 Å². The van der Waals surface area contributed by atoms with Crippen LogP contribution >= 0.6 is 0 Å². The summed E-state index contributed by atoms with van der Waals surface area (Å²) in [7, 11) is 0. The van der Waals surface area contributed by atoms with Crippen LogP contribution in [0.2, 0.25) is 0 Å². The molecule has 1 aromatic carbocycles. The van der Waals surface area contributed by atoms with Gasteiger partial charge in [-0.2, -0.15) is 0 Å². The van der Waals surface area contributed by atoms with Crippen LogP contribution < -0.4 is 5.43 Å². The van der Waals surface area contributed by atoms with Crippen LogP contribution in [0.15, 0.2) is 23.1 Å². The number of rotatable bonds is 2. The monoisotopic (exact) mass is 247 g/mol. The minimum absolute atomic E-state index is 0.148. The van der Waals surface area contributed by atoms with Crippen LogP contribution in [0.3, 0.4) is 0 Å². The Kier molecular flexibility index (Phi) is 3.03. The van der Waals surface area contributed by atoms with E-state index in [1.807, 2.05) is 6.92 Å². The highest BCUT2D eigenvalue weighted by molar-refractivity contribution is 5.97. The first-order valence-electron chi connectivity index (χ1n) is 5.80. The summed E-state index contributed by atoms with van der Waals surface area (Å²) in [4.78, 5) is 23.6. The van der Waals surface area contributed by atoms with Crippen LogP contribution in [0.5, 0.6) is 0 Å². The Morgan fingerprint density at radius 2 is 2.06 bits per heavy atom. The number of halogens is 1. The summed E-state index contributed by atoms with van der Waals surface area (Å²) in [6, 6.07) is 2.85. The number of nitrogens with zero attached hydrogens (tertiary/aromatic N) is 1. The van der Waals surface area contributed by atoms with Gasteiger partial charge in [0.05, 0.1) is 11.1 Å². The zero-order valence-electron chi connectivity index (χ0n) is 10.6. The van der Waals surface area contributed by atoms with Gasteiger partial charge in [-0.15, -0.1) is 0 Å². The maximum atomic E-state index is 13.6. The summed E-state index contributed by atoms with van der Waals surface area (Å²) in [5.74, 6) is -0.620. The summed E-state index contributed by atoms with van der Waals surface area (Å²) in [5.41, 5.74) is 0.749. The molecule has 0 bridgehead atoms.